The number of rotatable bonds is 7. The lowest BCUT2D eigenvalue weighted by molar-refractivity contribution is 0.262. The first-order valence-corrected chi connectivity index (χ1v) is 12.6. The van der Waals surface area contributed by atoms with Crippen molar-refractivity contribution in [1.82, 2.24) is 9.29 Å². The van der Waals surface area contributed by atoms with Crippen LogP contribution in [0.1, 0.15) is 17.5 Å². The van der Waals surface area contributed by atoms with Gasteiger partial charge in [-0.15, -0.1) is 0 Å². The number of nitrogens with zero attached hydrogens (tertiary/aromatic N) is 2. The maximum Gasteiger partial charge on any atom is 0.325 e. The van der Waals surface area contributed by atoms with E-state index in [0.29, 0.717) is 36.1 Å². The highest BCUT2D eigenvalue weighted by atomic mass is 32.2. The molecule has 9 nitrogen and oxygen atoms in total. The zero-order chi connectivity index (χ0) is 23.4. The number of thiazole rings is 1. The van der Waals surface area contributed by atoms with Gasteiger partial charge in [0.15, 0.2) is 5.13 Å². The summed E-state index contributed by atoms with van der Waals surface area (Å²) >= 11 is 1.28. The Morgan fingerprint density at radius 2 is 1.79 bits per heavy atom. The van der Waals surface area contributed by atoms with Crippen molar-refractivity contribution in [3.8, 4) is 11.5 Å². The molecule has 1 aromatic heterocycles. The van der Waals surface area contributed by atoms with E-state index in [1.54, 1.807) is 36.4 Å². The maximum atomic E-state index is 13.0. The van der Waals surface area contributed by atoms with Crippen LogP contribution >= 0.6 is 11.3 Å². The number of amides is 2. The number of carbonyl (C=O) groups is 1. The summed E-state index contributed by atoms with van der Waals surface area (Å²) in [4.78, 5) is 17.9. The van der Waals surface area contributed by atoms with Gasteiger partial charge in [-0.1, -0.05) is 11.3 Å². The van der Waals surface area contributed by atoms with E-state index in [2.05, 4.69) is 15.6 Å². The van der Waals surface area contributed by atoms with Crippen molar-refractivity contribution < 1.29 is 22.7 Å². The van der Waals surface area contributed by atoms with E-state index in [9.17, 15) is 13.2 Å². The van der Waals surface area contributed by atoms with Crippen molar-refractivity contribution in [3.05, 3.63) is 59.1 Å². The van der Waals surface area contributed by atoms with Gasteiger partial charge in [-0.05, 0) is 55.5 Å². The average Bonchev–Trinajstić information content (AvgIpc) is 3.22. The second kappa shape index (κ2) is 9.77. The highest BCUT2D eigenvalue weighted by Crippen LogP contribution is 2.31. The van der Waals surface area contributed by atoms with Crippen molar-refractivity contribution >= 4 is 38.2 Å². The van der Waals surface area contributed by atoms with E-state index < -0.39 is 16.1 Å². The third-order valence-corrected chi connectivity index (χ3v) is 7.89. The number of methoxy groups -OCH3 is 1. The molecule has 2 heterocycles. The summed E-state index contributed by atoms with van der Waals surface area (Å²) in [6.45, 7) is 3.01. The first-order chi connectivity index (χ1) is 15.9. The van der Waals surface area contributed by atoms with Crippen LogP contribution in [0, 0.1) is 0 Å². The Bertz CT molecular complexity index is 1220. The van der Waals surface area contributed by atoms with Crippen LogP contribution in [0.5, 0.6) is 11.5 Å². The smallest absolute Gasteiger partial charge is 0.325 e. The van der Waals surface area contributed by atoms with Crippen molar-refractivity contribution in [1.29, 1.82) is 0 Å². The van der Waals surface area contributed by atoms with Gasteiger partial charge in [-0.25, -0.2) is 18.2 Å². The number of benzene rings is 2. The molecule has 3 aromatic rings. The van der Waals surface area contributed by atoms with Crippen LogP contribution in [0.25, 0.3) is 0 Å². The molecule has 0 unspecified atom stereocenters. The molecule has 0 saturated heterocycles. The molecule has 2 aromatic carbocycles. The summed E-state index contributed by atoms with van der Waals surface area (Å²) in [6.07, 6.45) is 0.476. The fourth-order valence-corrected chi connectivity index (χ4v) is 5.90. The molecule has 0 bridgehead atoms. The van der Waals surface area contributed by atoms with Crippen LogP contribution in [0.15, 0.2) is 53.4 Å². The summed E-state index contributed by atoms with van der Waals surface area (Å²) in [5.41, 5.74) is 1.42. The molecule has 33 heavy (non-hydrogen) atoms. The van der Waals surface area contributed by atoms with Gasteiger partial charge in [0.05, 0.1) is 30.9 Å². The monoisotopic (exact) mass is 488 g/mol. The molecule has 2 amide bonds. The molecule has 11 heteroatoms. The molecule has 0 aliphatic carbocycles. The minimum Gasteiger partial charge on any atom is -0.497 e. The SMILES string of the molecule is CCOc1ccc(NC(=O)Nc2nc3c(s2)CN(S(=O)(=O)c2ccc(OC)cc2)CC3)cc1. The van der Waals surface area contributed by atoms with Crippen LogP contribution in [-0.2, 0) is 23.0 Å². The van der Waals surface area contributed by atoms with Gasteiger partial charge in [-0.3, -0.25) is 5.32 Å². The van der Waals surface area contributed by atoms with Gasteiger partial charge in [0.2, 0.25) is 10.0 Å². The van der Waals surface area contributed by atoms with Gasteiger partial charge in [0, 0.05) is 23.5 Å². The quantitative estimate of drug-likeness (QED) is 0.521. The van der Waals surface area contributed by atoms with Crippen LogP contribution in [0.4, 0.5) is 15.6 Å². The van der Waals surface area contributed by atoms with Gasteiger partial charge < -0.3 is 14.8 Å². The van der Waals surface area contributed by atoms with E-state index in [1.165, 1.54) is 34.9 Å². The standard InChI is InChI=1S/C22H24N4O5S2/c1-3-31-17-6-4-15(5-7-17)23-21(27)25-22-24-19-12-13-26(14-20(19)32-22)33(28,29)18-10-8-16(30-2)9-11-18/h4-11H,3,12-14H2,1-2H3,(H2,23,24,25,27). The highest BCUT2D eigenvalue weighted by Gasteiger charge is 2.30. The second-order valence-electron chi connectivity index (χ2n) is 7.19. The van der Waals surface area contributed by atoms with E-state index >= 15 is 0 Å². The number of ether oxygens (including phenoxy) is 2. The average molecular weight is 489 g/mol. The van der Waals surface area contributed by atoms with Crippen molar-refractivity contribution in [2.24, 2.45) is 0 Å². The first-order valence-electron chi connectivity index (χ1n) is 10.3. The van der Waals surface area contributed by atoms with Crippen molar-refractivity contribution in [3.63, 3.8) is 0 Å². The van der Waals surface area contributed by atoms with E-state index in [4.69, 9.17) is 9.47 Å². The molecule has 0 spiro atoms. The lowest BCUT2D eigenvalue weighted by Gasteiger charge is -2.25. The molecule has 0 radical (unpaired) electrons. The Morgan fingerprint density at radius 3 is 2.45 bits per heavy atom. The Kier molecular flexibility index (Phi) is 6.82. The predicted molar refractivity (Wildman–Crippen MR) is 127 cm³/mol. The molecular formula is C22H24N4O5S2. The van der Waals surface area contributed by atoms with Gasteiger partial charge in [0.1, 0.15) is 11.5 Å². The largest absolute Gasteiger partial charge is 0.497 e. The fourth-order valence-electron chi connectivity index (χ4n) is 3.39. The normalized spacial score (nSPS) is 13.8. The molecule has 1 aliphatic heterocycles. The third-order valence-electron chi connectivity index (χ3n) is 5.04. The van der Waals surface area contributed by atoms with Crippen LogP contribution < -0.4 is 20.1 Å². The second-order valence-corrected chi connectivity index (χ2v) is 10.2. The molecule has 1 aliphatic rings. The number of nitrogens with one attached hydrogen (secondary N) is 2. The number of fused-ring (bicyclic) bond motifs is 1. The number of hydrogen-bond acceptors (Lipinski definition) is 7. The van der Waals surface area contributed by atoms with E-state index in [-0.39, 0.29) is 11.4 Å². The summed E-state index contributed by atoms with van der Waals surface area (Å²) < 4.78 is 38.0. The third kappa shape index (κ3) is 5.27. The topological polar surface area (TPSA) is 110 Å². The molecule has 2 N–H and O–H groups in total. The molecule has 0 fully saturated rings. The Hall–Kier alpha value is -3.15. The minimum atomic E-state index is -3.65. The number of anilines is 2. The molecular weight excluding hydrogens is 464 g/mol. The number of sulfonamides is 1. The molecule has 174 valence electrons. The number of hydrogen-bond donors (Lipinski definition) is 2. The lowest BCUT2D eigenvalue weighted by atomic mass is 10.2. The zero-order valence-electron chi connectivity index (χ0n) is 18.2. The summed E-state index contributed by atoms with van der Waals surface area (Å²) in [5.74, 6) is 1.32. The number of urea groups is 1. The zero-order valence-corrected chi connectivity index (χ0v) is 19.8. The summed E-state index contributed by atoms with van der Waals surface area (Å²) in [7, 11) is -2.11. The first kappa shape index (κ1) is 23.0. The Labute approximate surface area is 196 Å². The molecule has 0 atom stereocenters. The van der Waals surface area contributed by atoms with Crippen molar-refractivity contribution in [2.75, 3.05) is 30.9 Å². The number of carbonyl (C=O) groups excluding carboxylic acids is 1. The minimum absolute atomic E-state index is 0.212. The summed E-state index contributed by atoms with van der Waals surface area (Å²) in [5, 5.41) is 5.90. The van der Waals surface area contributed by atoms with Crippen LogP contribution in [0.2, 0.25) is 0 Å². The molecule has 4 rings (SSSR count). The molecule has 0 saturated carbocycles. The highest BCUT2D eigenvalue weighted by molar-refractivity contribution is 7.89. The predicted octanol–water partition coefficient (Wildman–Crippen LogP) is 3.94. The van der Waals surface area contributed by atoms with E-state index in [1.807, 2.05) is 6.92 Å². The Morgan fingerprint density at radius 1 is 1.09 bits per heavy atom. The summed E-state index contributed by atoms with van der Waals surface area (Å²) in [6, 6.07) is 13.0. The van der Waals surface area contributed by atoms with Gasteiger partial charge in [-0.2, -0.15) is 4.31 Å². The van der Waals surface area contributed by atoms with Crippen LogP contribution in [-0.4, -0.2) is 44.0 Å². The number of aromatic nitrogens is 1. The lowest BCUT2D eigenvalue weighted by Crippen LogP contribution is -2.35. The van der Waals surface area contributed by atoms with E-state index in [0.717, 1.165) is 16.3 Å². The van der Waals surface area contributed by atoms with Gasteiger partial charge >= 0.3 is 6.03 Å². The van der Waals surface area contributed by atoms with Crippen molar-refractivity contribution in [2.45, 2.75) is 24.8 Å². The Balaban J connectivity index is 1.40. The van der Waals surface area contributed by atoms with Gasteiger partial charge in [0.25, 0.3) is 0 Å². The van der Waals surface area contributed by atoms with Crippen LogP contribution in [0.3, 0.4) is 0 Å². The fraction of sp³-hybridized carbons (Fsp3) is 0.273. The maximum absolute atomic E-state index is 13.0.